The molecule has 3 aromatic rings. The number of hydrogen-bond acceptors (Lipinski definition) is 3. The third-order valence-corrected chi connectivity index (χ3v) is 5.34. The molecule has 1 fully saturated rings. The predicted molar refractivity (Wildman–Crippen MR) is 104 cm³/mol. The first kappa shape index (κ1) is 19.4. The van der Waals surface area contributed by atoms with Gasteiger partial charge in [-0.1, -0.05) is 20.8 Å². The Kier molecular flexibility index (Phi) is 4.40. The molecule has 1 aliphatic rings. The number of amides is 1. The molecule has 0 spiro atoms. The van der Waals surface area contributed by atoms with Crippen molar-refractivity contribution in [2.24, 2.45) is 5.41 Å². The van der Waals surface area contributed by atoms with Gasteiger partial charge in [-0.05, 0) is 35.7 Å². The first-order valence-corrected chi connectivity index (χ1v) is 9.41. The van der Waals surface area contributed by atoms with E-state index in [-0.39, 0.29) is 5.69 Å². The van der Waals surface area contributed by atoms with Gasteiger partial charge in [-0.3, -0.25) is 4.79 Å². The number of rotatable bonds is 4. The van der Waals surface area contributed by atoms with Gasteiger partial charge in [-0.15, -0.1) is 5.10 Å². The molecule has 0 saturated heterocycles. The van der Waals surface area contributed by atoms with Crippen LogP contribution in [0.1, 0.15) is 45.1 Å². The van der Waals surface area contributed by atoms with Crippen LogP contribution >= 0.6 is 0 Å². The van der Waals surface area contributed by atoms with Crippen LogP contribution in [0.5, 0.6) is 0 Å². The summed E-state index contributed by atoms with van der Waals surface area (Å²) in [6, 6.07) is 6.00. The van der Waals surface area contributed by atoms with Crippen LogP contribution in [0.15, 0.2) is 36.7 Å². The fraction of sp³-hybridized carbons (Fsp3) is 0.381. The van der Waals surface area contributed by atoms with Gasteiger partial charge in [0.1, 0.15) is 11.5 Å². The number of carbonyl (C=O) groups excluding carboxylic acids is 1. The number of halogens is 3. The van der Waals surface area contributed by atoms with Crippen molar-refractivity contribution in [3.05, 3.63) is 48.0 Å². The number of benzene rings is 1. The van der Waals surface area contributed by atoms with Gasteiger partial charge in [-0.25, -0.2) is 22.8 Å². The Labute approximate surface area is 165 Å². The lowest BCUT2D eigenvalue weighted by Crippen LogP contribution is -2.51. The highest BCUT2D eigenvalue weighted by Gasteiger charge is 2.57. The lowest BCUT2D eigenvalue weighted by atomic mass is 9.67. The molecule has 152 valence electrons. The van der Waals surface area contributed by atoms with Crippen molar-refractivity contribution in [2.45, 2.75) is 45.5 Å². The fourth-order valence-electron chi connectivity index (χ4n) is 3.67. The van der Waals surface area contributed by atoms with Gasteiger partial charge >= 0.3 is 0 Å². The maximum Gasteiger partial charge on any atom is 0.250 e. The average Bonchev–Trinajstić information content (AvgIpc) is 3.04. The summed E-state index contributed by atoms with van der Waals surface area (Å²) >= 11 is 0. The largest absolute Gasteiger partial charge is 0.326 e. The standard InChI is InChI=1S/C21H21F3N4O/c1-12(2)13-6-14-9-28(27-18(14)25-8-13)17-7-15(4-5-16(17)22)26-19(29)20(3)10-21(23,24)11-20/h4-9,12H,10-11H2,1-3H3,(H,26,29). The van der Waals surface area contributed by atoms with Crippen molar-refractivity contribution in [1.29, 1.82) is 0 Å². The average molecular weight is 402 g/mol. The summed E-state index contributed by atoms with van der Waals surface area (Å²) in [7, 11) is 0. The van der Waals surface area contributed by atoms with Crippen molar-refractivity contribution in [1.82, 2.24) is 14.8 Å². The second kappa shape index (κ2) is 6.57. The Morgan fingerprint density at radius 1 is 1.24 bits per heavy atom. The van der Waals surface area contributed by atoms with Crippen LogP contribution in [0.3, 0.4) is 0 Å². The van der Waals surface area contributed by atoms with Gasteiger partial charge in [0.2, 0.25) is 11.8 Å². The smallest absolute Gasteiger partial charge is 0.250 e. The molecule has 29 heavy (non-hydrogen) atoms. The molecule has 1 aliphatic carbocycles. The minimum absolute atomic E-state index is 0.135. The van der Waals surface area contributed by atoms with Crippen LogP contribution in [0, 0.1) is 11.2 Å². The molecule has 1 aromatic carbocycles. The zero-order valence-electron chi connectivity index (χ0n) is 16.3. The second-order valence-electron chi connectivity index (χ2n) is 8.30. The zero-order chi connectivity index (χ0) is 21.0. The number of pyridine rings is 1. The Morgan fingerprint density at radius 3 is 2.62 bits per heavy atom. The number of nitrogens with zero attached hydrogens (tertiary/aromatic N) is 3. The van der Waals surface area contributed by atoms with E-state index in [4.69, 9.17) is 0 Å². The summed E-state index contributed by atoms with van der Waals surface area (Å²) in [5.41, 5.74) is 0.848. The molecular formula is C21H21F3N4O. The van der Waals surface area contributed by atoms with Crippen LogP contribution in [0.25, 0.3) is 16.7 Å². The van der Waals surface area contributed by atoms with E-state index in [1.54, 1.807) is 12.4 Å². The third-order valence-electron chi connectivity index (χ3n) is 5.34. The molecule has 0 atom stereocenters. The van der Waals surface area contributed by atoms with Gasteiger partial charge in [0.15, 0.2) is 5.65 Å². The quantitative estimate of drug-likeness (QED) is 0.664. The van der Waals surface area contributed by atoms with Crippen molar-refractivity contribution >= 4 is 22.6 Å². The molecular weight excluding hydrogens is 381 g/mol. The molecule has 0 bridgehead atoms. The fourth-order valence-corrected chi connectivity index (χ4v) is 3.67. The second-order valence-corrected chi connectivity index (χ2v) is 8.30. The molecule has 5 nitrogen and oxygen atoms in total. The third kappa shape index (κ3) is 3.59. The van der Waals surface area contributed by atoms with E-state index >= 15 is 0 Å². The maximum absolute atomic E-state index is 14.4. The normalized spacial score (nSPS) is 17.3. The molecule has 2 aromatic heterocycles. The van der Waals surface area contributed by atoms with Crippen LogP contribution < -0.4 is 5.32 Å². The summed E-state index contributed by atoms with van der Waals surface area (Å²) in [4.78, 5) is 16.7. The highest BCUT2D eigenvalue weighted by atomic mass is 19.3. The minimum Gasteiger partial charge on any atom is -0.326 e. The summed E-state index contributed by atoms with van der Waals surface area (Å²) in [6.07, 6.45) is 2.43. The van der Waals surface area contributed by atoms with Gasteiger partial charge in [0, 0.05) is 36.3 Å². The summed E-state index contributed by atoms with van der Waals surface area (Å²) in [6.45, 7) is 5.61. The lowest BCUT2D eigenvalue weighted by Gasteiger charge is -2.43. The van der Waals surface area contributed by atoms with E-state index in [0.717, 1.165) is 10.9 Å². The zero-order valence-corrected chi connectivity index (χ0v) is 16.3. The summed E-state index contributed by atoms with van der Waals surface area (Å²) in [5.74, 6) is -3.54. The van der Waals surface area contributed by atoms with Crippen LogP contribution in [0.4, 0.5) is 18.9 Å². The van der Waals surface area contributed by atoms with Crippen molar-refractivity contribution in [2.75, 3.05) is 5.32 Å². The Bertz CT molecular complexity index is 1100. The first-order valence-electron chi connectivity index (χ1n) is 9.41. The number of alkyl halides is 2. The van der Waals surface area contributed by atoms with Gasteiger partial charge < -0.3 is 5.32 Å². The maximum atomic E-state index is 14.4. The molecule has 0 unspecified atom stereocenters. The van der Waals surface area contributed by atoms with Gasteiger partial charge in [-0.2, -0.15) is 0 Å². The van der Waals surface area contributed by atoms with E-state index in [9.17, 15) is 18.0 Å². The van der Waals surface area contributed by atoms with Crippen LogP contribution in [-0.4, -0.2) is 26.6 Å². The van der Waals surface area contributed by atoms with Crippen molar-refractivity contribution in [3.63, 3.8) is 0 Å². The lowest BCUT2D eigenvalue weighted by molar-refractivity contribution is -0.170. The highest BCUT2D eigenvalue weighted by Crippen LogP contribution is 2.52. The molecule has 8 heteroatoms. The van der Waals surface area contributed by atoms with E-state index < -0.39 is 35.9 Å². The van der Waals surface area contributed by atoms with Crippen LogP contribution in [0.2, 0.25) is 0 Å². The van der Waals surface area contributed by atoms with Crippen molar-refractivity contribution < 1.29 is 18.0 Å². The van der Waals surface area contributed by atoms with Crippen molar-refractivity contribution in [3.8, 4) is 5.69 Å². The highest BCUT2D eigenvalue weighted by molar-refractivity contribution is 5.96. The molecule has 1 N–H and O–H groups in total. The number of anilines is 1. The van der Waals surface area contributed by atoms with Gasteiger partial charge in [0.05, 0.1) is 5.41 Å². The molecule has 4 rings (SSSR count). The topological polar surface area (TPSA) is 59.8 Å². The molecule has 1 amide bonds. The van der Waals surface area contributed by atoms with E-state index in [1.807, 2.05) is 6.07 Å². The first-order chi connectivity index (χ1) is 13.6. The SMILES string of the molecule is CC(C)c1cnc2nn(-c3cc(NC(=O)C4(C)CC(F)(F)C4)ccc3F)cc2c1. The summed E-state index contributed by atoms with van der Waals surface area (Å²) in [5, 5.41) is 7.71. The Balaban J connectivity index is 1.62. The van der Waals surface area contributed by atoms with E-state index in [1.165, 1.54) is 29.8 Å². The molecule has 1 saturated carbocycles. The van der Waals surface area contributed by atoms with E-state index in [0.29, 0.717) is 17.3 Å². The number of hydrogen-bond donors (Lipinski definition) is 1. The number of fused-ring (bicyclic) bond motifs is 1. The number of nitrogens with one attached hydrogen (secondary N) is 1. The Morgan fingerprint density at radius 2 is 1.97 bits per heavy atom. The van der Waals surface area contributed by atoms with Gasteiger partial charge in [0.25, 0.3) is 0 Å². The molecule has 0 radical (unpaired) electrons. The number of aromatic nitrogens is 3. The predicted octanol–water partition coefficient (Wildman–Crippen LogP) is 5.06. The minimum atomic E-state index is -2.81. The Hall–Kier alpha value is -2.90. The van der Waals surface area contributed by atoms with Crippen LogP contribution in [-0.2, 0) is 4.79 Å². The summed E-state index contributed by atoms with van der Waals surface area (Å²) < 4.78 is 42.2. The number of carbonyl (C=O) groups is 1. The monoisotopic (exact) mass is 402 g/mol. The molecule has 0 aliphatic heterocycles. The van der Waals surface area contributed by atoms with E-state index in [2.05, 4.69) is 29.2 Å². The molecule has 2 heterocycles.